The zero-order valence-corrected chi connectivity index (χ0v) is 11.1. The molecule has 0 N–H and O–H groups in total. The van der Waals surface area contributed by atoms with Gasteiger partial charge in [-0.1, -0.05) is 6.07 Å². The first kappa shape index (κ1) is 12.5. The molecule has 2 aromatic heterocycles. The lowest BCUT2D eigenvalue weighted by Gasteiger charge is -2.20. The van der Waals surface area contributed by atoms with Crippen LogP contribution in [0, 0.1) is 13.8 Å². The van der Waals surface area contributed by atoms with Crippen LogP contribution in [0.3, 0.4) is 0 Å². The fraction of sp³-hybridized carbons (Fsp3) is 0.357. The fourth-order valence-corrected chi connectivity index (χ4v) is 1.86. The lowest BCUT2D eigenvalue weighted by atomic mass is 10.3. The molecule has 0 aliphatic rings. The number of hydrogen-bond donors (Lipinski definition) is 0. The number of anilines is 1. The van der Waals surface area contributed by atoms with Gasteiger partial charge in [0, 0.05) is 24.1 Å². The van der Waals surface area contributed by atoms with Crippen molar-refractivity contribution in [3.63, 3.8) is 0 Å². The van der Waals surface area contributed by atoms with Crippen molar-refractivity contribution >= 4 is 5.95 Å². The minimum Gasteiger partial charge on any atom is -0.335 e. The van der Waals surface area contributed by atoms with Crippen molar-refractivity contribution < 1.29 is 0 Å². The molecule has 0 radical (unpaired) electrons. The fourth-order valence-electron chi connectivity index (χ4n) is 1.86. The zero-order chi connectivity index (χ0) is 13.0. The van der Waals surface area contributed by atoms with E-state index < -0.39 is 0 Å². The summed E-state index contributed by atoms with van der Waals surface area (Å²) >= 11 is 0. The monoisotopic (exact) mass is 242 g/mol. The molecule has 4 nitrogen and oxygen atoms in total. The molecular weight excluding hydrogens is 224 g/mol. The predicted molar refractivity (Wildman–Crippen MR) is 72.5 cm³/mol. The van der Waals surface area contributed by atoms with E-state index in [2.05, 4.69) is 26.8 Å². The third kappa shape index (κ3) is 3.03. The maximum Gasteiger partial charge on any atom is 0.226 e. The topological polar surface area (TPSA) is 41.9 Å². The number of hydrogen-bond acceptors (Lipinski definition) is 4. The van der Waals surface area contributed by atoms with Gasteiger partial charge in [0.25, 0.3) is 0 Å². The van der Waals surface area contributed by atoms with Gasteiger partial charge >= 0.3 is 0 Å². The highest BCUT2D eigenvalue weighted by Crippen LogP contribution is 2.12. The van der Waals surface area contributed by atoms with Gasteiger partial charge in [-0.15, -0.1) is 0 Å². The molecule has 94 valence electrons. The van der Waals surface area contributed by atoms with Gasteiger partial charge in [-0.2, -0.15) is 0 Å². The molecule has 0 atom stereocenters. The van der Waals surface area contributed by atoms with E-state index in [4.69, 9.17) is 0 Å². The molecule has 4 heteroatoms. The van der Waals surface area contributed by atoms with Gasteiger partial charge < -0.3 is 4.90 Å². The molecule has 0 bridgehead atoms. The normalized spacial score (nSPS) is 10.4. The largest absolute Gasteiger partial charge is 0.335 e. The van der Waals surface area contributed by atoms with Crippen LogP contribution >= 0.6 is 0 Å². The summed E-state index contributed by atoms with van der Waals surface area (Å²) in [7, 11) is 0. The molecule has 0 aliphatic carbocycles. The van der Waals surface area contributed by atoms with Gasteiger partial charge in [0.1, 0.15) is 0 Å². The second-order valence-corrected chi connectivity index (χ2v) is 4.29. The summed E-state index contributed by atoms with van der Waals surface area (Å²) in [6.45, 7) is 7.68. The summed E-state index contributed by atoms with van der Waals surface area (Å²) in [4.78, 5) is 15.4. The van der Waals surface area contributed by atoms with E-state index in [0.29, 0.717) is 0 Å². The van der Waals surface area contributed by atoms with Gasteiger partial charge in [-0.3, -0.25) is 4.98 Å². The minimum absolute atomic E-state index is 0.736. The first-order chi connectivity index (χ1) is 8.69. The van der Waals surface area contributed by atoms with Gasteiger partial charge in [-0.25, -0.2) is 9.97 Å². The molecular formula is C14H18N4. The highest BCUT2D eigenvalue weighted by Gasteiger charge is 2.09. The summed E-state index contributed by atoms with van der Waals surface area (Å²) < 4.78 is 0. The Balaban J connectivity index is 2.23. The smallest absolute Gasteiger partial charge is 0.226 e. The van der Waals surface area contributed by atoms with Crippen molar-refractivity contribution in [3.8, 4) is 0 Å². The molecule has 0 aliphatic heterocycles. The second-order valence-electron chi connectivity index (χ2n) is 4.29. The molecule has 2 rings (SSSR count). The first-order valence-electron chi connectivity index (χ1n) is 6.16. The summed E-state index contributed by atoms with van der Waals surface area (Å²) in [5.74, 6) is 0.778. The van der Waals surface area contributed by atoms with Crippen molar-refractivity contribution in [2.45, 2.75) is 27.3 Å². The molecule has 0 fully saturated rings. The number of pyridine rings is 1. The van der Waals surface area contributed by atoms with Gasteiger partial charge in [0.2, 0.25) is 5.95 Å². The Morgan fingerprint density at radius 1 is 1.11 bits per heavy atom. The molecule has 0 saturated heterocycles. The summed E-state index contributed by atoms with van der Waals surface area (Å²) in [6.07, 6.45) is 1.81. The Morgan fingerprint density at radius 3 is 2.39 bits per heavy atom. The maximum atomic E-state index is 4.49. The summed E-state index contributed by atoms with van der Waals surface area (Å²) in [5, 5.41) is 0. The average Bonchev–Trinajstić information content (AvgIpc) is 2.36. The molecule has 2 heterocycles. The van der Waals surface area contributed by atoms with Crippen LogP contribution < -0.4 is 4.90 Å². The number of rotatable bonds is 4. The SMILES string of the molecule is CCN(Cc1ccccn1)c1nc(C)cc(C)n1. The lowest BCUT2D eigenvalue weighted by Crippen LogP contribution is -2.25. The predicted octanol–water partition coefficient (Wildman–Crippen LogP) is 2.51. The van der Waals surface area contributed by atoms with Crippen molar-refractivity contribution in [2.24, 2.45) is 0 Å². The van der Waals surface area contributed by atoms with Crippen LogP contribution in [-0.4, -0.2) is 21.5 Å². The van der Waals surface area contributed by atoms with E-state index in [0.717, 1.165) is 36.1 Å². The van der Waals surface area contributed by atoms with E-state index in [9.17, 15) is 0 Å². The van der Waals surface area contributed by atoms with Gasteiger partial charge in [0.05, 0.1) is 12.2 Å². The highest BCUT2D eigenvalue weighted by atomic mass is 15.2. The average molecular weight is 242 g/mol. The lowest BCUT2D eigenvalue weighted by molar-refractivity contribution is 0.767. The first-order valence-corrected chi connectivity index (χ1v) is 6.16. The second kappa shape index (κ2) is 5.58. The van der Waals surface area contributed by atoms with Crippen LogP contribution in [-0.2, 0) is 6.54 Å². The van der Waals surface area contributed by atoms with Crippen LogP contribution in [0.2, 0.25) is 0 Å². The van der Waals surface area contributed by atoms with Gasteiger partial charge in [-0.05, 0) is 39.0 Å². The Labute approximate surface area is 108 Å². The van der Waals surface area contributed by atoms with Crippen LogP contribution in [0.5, 0.6) is 0 Å². The summed E-state index contributed by atoms with van der Waals surface area (Å²) in [5.41, 5.74) is 3.02. The Kier molecular flexibility index (Phi) is 3.87. The van der Waals surface area contributed by atoms with E-state index >= 15 is 0 Å². The zero-order valence-electron chi connectivity index (χ0n) is 11.1. The van der Waals surface area contributed by atoms with E-state index in [1.807, 2.05) is 44.3 Å². The molecule has 0 amide bonds. The highest BCUT2D eigenvalue weighted by molar-refractivity contribution is 5.32. The van der Waals surface area contributed by atoms with E-state index in [-0.39, 0.29) is 0 Å². The van der Waals surface area contributed by atoms with Crippen LogP contribution in [0.4, 0.5) is 5.95 Å². The van der Waals surface area contributed by atoms with Crippen molar-refractivity contribution in [1.82, 2.24) is 15.0 Å². The van der Waals surface area contributed by atoms with Crippen LogP contribution in [0.15, 0.2) is 30.5 Å². The molecule has 18 heavy (non-hydrogen) atoms. The third-order valence-electron chi connectivity index (χ3n) is 2.71. The molecule has 0 saturated carbocycles. The van der Waals surface area contributed by atoms with Crippen molar-refractivity contribution in [2.75, 3.05) is 11.4 Å². The van der Waals surface area contributed by atoms with Crippen molar-refractivity contribution in [1.29, 1.82) is 0 Å². The van der Waals surface area contributed by atoms with Crippen LogP contribution in [0.1, 0.15) is 24.0 Å². The number of nitrogens with zero attached hydrogens (tertiary/aromatic N) is 4. The van der Waals surface area contributed by atoms with E-state index in [1.54, 1.807) is 0 Å². The van der Waals surface area contributed by atoms with E-state index in [1.165, 1.54) is 0 Å². The number of aryl methyl sites for hydroxylation is 2. The standard InChI is InChI=1S/C14H18N4/c1-4-18(10-13-7-5-6-8-15-13)14-16-11(2)9-12(3)17-14/h5-9H,4,10H2,1-3H3. The summed E-state index contributed by atoms with van der Waals surface area (Å²) in [6, 6.07) is 7.93. The molecule has 0 unspecified atom stereocenters. The Hall–Kier alpha value is -1.97. The quantitative estimate of drug-likeness (QED) is 0.826. The minimum atomic E-state index is 0.736. The van der Waals surface area contributed by atoms with Crippen LogP contribution in [0.25, 0.3) is 0 Å². The molecule has 0 aromatic carbocycles. The Bertz CT molecular complexity index is 490. The third-order valence-corrected chi connectivity index (χ3v) is 2.71. The molecule has 0 spiro atoms. The van der Waals surface area contributed by atoms with Crippen molar-refractivity contribution in [3.05, 3.63) is 47.5 Å². The Morgan fingerprint density at radius 2 is 1.83 bits per heavy atom. The maximum absolute atomic E-state index is 4.49. The number of aromatic nitrogens is 3. The van der Waals surface area contributed by atoms with Gasteiger partial charge in [0.15, 0.2) is 0 Å². The molecule has 2 aromatic rings.